The highest BCUT2D eigenvalue weighted by Gasteiger charge is 2.08. The van der Waals surface area contributed by atoms with Gasteiger partial charge < -0.3 is 15.5 Å². The third kappa shape index (κ3) is 8.41. The zero-order valence-electron chi connectivity index (χ0n) is 13.6. The molecular weight excluding hydrogens is 248 g/mol. The van der Waals surface area contributed by atoms with Crippen molar-refractivity contribution in [3.8, 4) is 0 Å². The molecule has 0 aliphatic carbocycles. The molecule has 118 valence electrons. The number of guanidine groups is 1. The molecule has 1 heterocycles. The first-order valence-corrected chi connectivity index (χ1v) is 8.53. The van der Waals surface area contributed by atoms with Crippen LogP contribution in [-0.4, -0.2) is 50.6 Å². The summed E-state index contributed by atoms with van der Waals surface area (Å²) in [5, 5.41) is 6.79. The monoisotopic (exact) mass is 282 g/mol. The van der Waals surface area contributed by atoms with E-state index in [-0.39, 0.29) is 0 Å². The molecule has 0 amide bonds. The van der Waals surface area contributed by atoms with Gasteiger partial charge in [0.2, 0.25) is 0 Å². The van der Waals surface area contributed by atoms with Gasteiger partial charge in [0, 0.05) is 20.1 Å². The van der Waals surface area contributed by atoms with Gasteiger partial charge in [0.05, 0.1) is 0 Å². The van der Waals surface area contributed by atoms with E-state index in [4.69, 9.17) is 0 Å². The summed E-state index contributed by atoms with van der Waals surface area (Å²) < 4.78 is 0. The molecule has 1 fully saturated rings. The lowest BCUT2D eigenvalue weighted by molar-refractivity contribution is 0.282. The van der Waals surface area contributed by atoms with E-state index in [2.05, 4.69) is 27.4 Å². The molecule has 20 heavy (non-hydrogen) atoms. The van der Waals surface area contributed by atoms with Crippen molar-refractivity contribution in [2.45, 2.75) is 58.3 Å². The van der Waals surface area contributed by atoms with Crippen LogP contribution in [0, 0.1) is 0 Å². The number of aliphatic imine (C=N–C) groups is 1. The molecule has 4 nitrogen and oxygen atoms in total. The molecule has 2 N–H and O–H groups in total. The maximum Gasteiger partial charge on any atom is 0.190 e. The van der Waals surface area contributed by atoms with Crippen LogP contribution < -0.4 is 10.6 Å². The third-order valence-electron chi connectivity index (χ3n) is 3.94. The minimum absolute atomic E-state index is 0.956. The van der Waals surface area contributed by atoms with E-state index < -0.39 is 0 Å². The summed E-state index contributed by atoms with van der Waals surface area (Å²) in [6.45, 7) is 8.09. The fourth-order valence-corrected chi connectivity index (χ4v) is 2.67. The first-order chi connectivity index (χ1) is 9.86. The van der Waals surface area contributed by atoms with Gasteiger partial charge in [0.15, 0.2) is 5.96 Å². The van der Waals surface area contributed by atoms with Gasteiger partial charge in [-0.15, -0.1) is 0 Å². The van der Waals surface area contributed by atoms with E-state index in [1.807, 2.05) is 7.05 Å². The molecule has 0 radical (unpaired) electrons. The van der Waals surface area contributed by atoms with Gasteiger partial charge in [-0.1, -0.05) is 32.6 Å². The average Bonchev–Trinajstić information content (AvgIpc) is 2.74. The van der Waals surface area contributed by atoms with Crippen molar-refractivity contribution in [3.05, 3.63) is 0 Å². The normalized spacial score (nSPS) is 17.8. The van der Waals surface area contributed by atoms with Crippen LogP contribution in [0.4, 0.5) is 0 Å². The number of unbranched alkanes of at least 4 members (excludes halogenated alkanes) is 2. The number of nitrogens with zero attached hydrogens (tertiary/aromatic N) is 2. The Hall–Kier alpha value is -0.770. The van der Waals surface area contributed by atoms with Crippen LogP contribution in [-0.2, 0) is 0 Å². The van der Waals surface area contributed by atoms with Crippen LogP contribution in [0.3, 0.4) is 0 Å². The Labute approximate surface area is 125 Å². The number of hydrogen-bond acceptors (Lipinski definition) is 2. The largest absolute Gasteiger partial charge is 0.356 e. The lowest BCUT2D eigenvalue weighted by atomic mass is 10.2. The maximum absolute atomic E-state index is 4.27. The molecule has 1 rings (SSSR count). The van der Waals surface area contributed by atoms with E-state index in [0.29, 0.717) is 0 Å². The van der Waals surface area contributed by atoms with Crippen LogP contribution in [0.2, 0.25) is 0 Å². The summed E-state index contributed by atoms with van der Waals surface area (Å²) in [7, 11) is 1.85. The Bertz CT molecular complexity index is 245. The molecule has 4 heteroatoms. The molecule has 1 saturated heterocycles. The van der Waals surface area contributed by atoms with Crippen molar-refractivity contribution in [2.75, 3.05) is 39.8 Å². The molecule has 1 aliphatic rings. The lowest BCUT2D eigenvalue weighted by Crippen LogP contribution is -2.39. The summed E-state index contributed by atoms with van der Waals surface area (Å²) in [5.74, 6) is 0.956. The maximum atomic E-state index is 4.27. The molecule has 0 aromatic rings. The summed E-state index contributed by atoms with van der Waals surface area (Å²) in [4.78, 5) is 6.88. The van der Waals surface area contributed by atoms with Gasteiger partial charge in [-0.3, -0.25) is 4.99 Å². The molecule has 0 unspecified atom stereocenters. The second-order valence-electron chi connectivity index (χ2n) is 5.74. The number of hydrogen-bond donors (Lipinski definition) is 2. The number of rotatable bonds is 8. The van der Waals surface area contributed by atoms with Crippen LogP contribution in [0.25, 0.3) is 0 Å². The van der Waals surface area contributed by atoms with Crippen molar-refractivity contribution in [1.29, 1.82) is 0 Å². The highest BCUT2D eigenvalue weighted by Crippen LogP contribution is 2.09. The van der Waals surface area contributed by atoms with E-state index in [1.165, 1.54) is 71.0 Å². The van der Waals surface area contributed by atoms with Gasteiger partial charge in [-0.25, -0.2) is 0 Å². The molecule has 0 aromatic heterocycles. The first-order valence-electron chi connectivity index (χ1n) is 8.53. The van der Waals surface area contributed by atoms with Gasteiger partial charge >= 0.3 is 0 Å². The van der Waals surface area contributed by atoms with Crippen molar-refractivity contribution >= 4 is 5.96 Å². The minimum atomic E-state index is 0.956. The van der Waals surface area contributed by atoms with Crippen LogP contribution in [0.5, 0.6) is 0 Å². The van der Waals surface area contributed by atoms with Gasteiger partial charge in [-0.2, -0.15) is 0 Å². The smallest absolute Gasteiger partial charge is 0.190 e. The summed E-state index contributed by atoms with van der Waals surface area (Å²) in [6.07, 6.45) is 10.6. The molecular formula is C16H34N4. The Morgan fingerprint density at radius 3 is 2.20 bits per heavy atom. The highest BCUT2D eigenvalue weighted by molar-refractivity contribution is 5.79. The topological polar surface area (TPSA) is 39.7 Å². The zero-order valence-corrected chi connectivity index (χ0v) is 13.6. The quantitative estimate of drug-likeness (QED) is 0.408. The summed E-state index contributed by atoms with van der Waals surface area (Å²) in [5.41, 5.74) is 0. The van der Waals surface area contributed by atoms with E-state index in [0.717, 1.165) is 19.0 Å². The molecule has 0 aromatic carbocycles. The van der Waals surface area contributed by atoms with E-state index in [9.17, 15) is 0 Å². The van der Waals surface area contributed by atoms with Gasteiger partial charge in [-0.05, 0) is 45.3 Å². The van der Waals surface area contributed by atoms with E-state index in [1.54, 1.807) is 0 Å². The van der Waals surface area contributed by atoms with Crippen LogP contribution >= 0.6 is 0 Å². The Balaban J connectivity index is 2.02. The van der Waals surface area contributed by atoms with Crippen molar-refractivity contribution in [2.24, 2.45) is 4.99 Å². The SMILES string of the molecule is CCCCCNC(=NC)NCCCN1CCCCCC1. The zero-order chi connectivity index (χ0) is 14.5. The van der Waals surface area contributed by atoms with Crippen LogP contribution in [0.15, 0.2) is 4.99 Å². The van der Waals surface area contributed by atoms with Gasteiger partial charge in [0.25, 0.3) is 0 Å². The Kier molecular flexibility index (Phi) is 10.4. The molecule has 0 atom stereocenters. The third-order valence-corrected chi connectivity index (χ3v) is 3.94. The fraction of sp³-hybridized carbons (Fsp3) is 0.938. The summed E-state index contributed by atoms with van der Waals surface area (Å²) >= 11 is 0. The highest BCUT2D eigenvalue weighted by atomic mass is 15.2. The predicted molar refractivity (Wildman–Crippen MR) is 88.4 cm³/mol. The lowest BCUT2D eigenvalue weighted by Gasteiger charge is -2.20. The number of nitrogens with one attached hydrogen (secondary N) is 2. The minimum Gasteiger partial charge on any atom is -0.356 e. The number of likely N-dealkylation sites (tertiary alicyclic amines) is 1. The molecule has 1 aliphatic heterocycles. The predicted octanol–water partition coefficient (Wildman–Crippen LogP) is 2.61. The molecule has 0 bridgehead atoms. The van der Waals surface area contributed by atoms with Crippen molar-refractivity contribution in [1.82, 2.24) is 15.5 Å². The first kappa shape index (κ1) is 17.3. The van der Waals surface area contributed by atoms with Crippen LogP contribution in [0.1, 0.15) is 58.3 Å². The summed E-state index contributed by atoms with van der Waals surface area (Å²) in [6, 6.07) is 0. The second kappa shape index (κ2) is 12.0. The van der Waals surface area contributed by atoms with Crippen molar-refractivity contribution in [3.63, 3.8) is 0 Å². The Morgan fingerprint density at radius 2 is 1.60 bits per heavy atom. The second-order valence-corrected chi connectivity index (χ2v) is 5.74. The van der Waals surface area contributed by atoms with Crippen molar-refractivity contribution < 1.29 is 0 Å². The molecule has 0 spiro atoms. The fourth-order valence-electron chi connectivity index (χ4n) is 2.67. The standard InChI is InChI=1S/C16H34N4/c1-3-4-7-11-18-16(17-2)19-12-10-15-20-13-8-5-6-9-14-20/h3-15H2,1-2H3,(H2,17,18,19). The van der Waals surface area contributed by atoms with Gasteiger partial charge in [0.1, 0.15) is 0 Å². The molecule has 0 saturated carbocycles. The average molecular weight is 282 g/mol. The van der Waals surface area contributed by atoms with E-state index >= 15 is 0 Å². The Morgan fingerprint density at radius 1 is 0.950 bits per heavy atom.